The van der Waals surface area contributed by atoms with E-state index in [0.29, 0.717) is 29.2 Å². The second-order valence-electron chi connectivity index (χ2n) is 5.45. The van der Waals surface area contributed by atoms with Crippen molar-refractivity contribution in [3.63, 3.8) is 0 Å². The molecule has 1 unspecified atom stereocenters. The van der Waals surface area contributed by atoms with Crippen molar-refractivity contribution in [2.45, 2.75) is 24.6 Å². The monoisotopic (exact) mass is 317 g/mol. The Bertz CT molecular complexity index is 913. The molecule has 114 valence electrons. The fourth-order valence-corrected chi connectivity index (χ4v) is 4.93. The first-order valence-electron chi connectivity index (χ1n) is 7.25. The number of nitrogens with zero attached hydrogens (tertiary/aromatic N) is 3. The Morgan fingerprint density at radius 1 is 1.23 bits per heavy atom. The average molecular weight is 317 g/mol. The van der Waals surface area contributed by atoms with E-state index < -0.39 is 15.2 Å². The Morgan fingerprint density at radius 2 is 2.14 bits per heavy atom. The van der Waals surface area contributed by atoms with E-state index in [4.69, 9.17) is 4.42 Å². The van der Waals surface area contributed by atoms with E-state index >= 15 is 0 Å². The molecule has 1 fully saturated rings. The molecule has 1 atom stereocenters. The fraction of sp³-hybridized carbons (Fsp3) is 0.333. The van der Waals surface area contributed by atoms with E-state index in [2.05, 4.69) is 9.97 Å². The van der Waals surface area contributed by atoms with Crippen molar-refractivity contribution < 1.29 is 12.8 Å². The maximum atomic E-state index is 12.5. The van der Waals surface area contributed by atoms with Gasteiger partial charge < -0.3 is 4.42 Å². The zero-order valence-corrected chi connectivity index (χ0v) is 12.7. The molecule has 6 nitrogen and oxygen atoms in total. The molecule has 0 aliphatic carbocycles. The van der Waals surface area contributed by atoms with E-state index in [0.717, 1.165) is 12.8 Å². The van der Waals surface area contributed by atoms with Gasteiger partial charge in [-0.15, -0.1) is 0 Å². The van der Waals surface area contributed by atoms with Crippen molar-refractivity contribution in [2.24, 2.45) is 0 Å². The number of sulfone groups is 1. The van der Waals surface area contributed by atoms with Crippen LogP contribution in [0.1, 0.15) is 24.6 Å². The summed E-state index contributed by atoms with van der Waals surface area (Å²) < 4.78 is 32.2. The van der Waals surface area contributed by atoms with Crippen LogP contribution < -0.4 is 0 Å². The van der Waals surface area contributed by atoms with Crippen LogP contribution in [0, 0.1) is 0 Å². The van der Waals surface area contributed by atoms with Crippen LogP contribution in [0.4, 0.5) is 0 Å². The van der Waals surface area contributed by atoms with Gasteiger partial charge in [-0.05, 0) is 43.5 Å². The smallest absolute Gasteiger partial charge is 0.179 e. The highest BCUT2D eigenvalue weighted by atomic mass is 32.2. The Balaban J connectivity index is 2.01. The summed E-state index contributed by atoms with van der Waals surface area (Å²) >= 11 is 0. The average Bonchev–Trinajstić information content (AvgIpc) is 3.14. The molecule has 22 heavy (non-hydrogen) atoms. The SMILES string of the molecule is O=S1(=O)CCCCC1n1c(-c2ccco2)nc2cccnc21. The van der Waals surface area contributed by atoms with Gasteiger partial charge in [-0.3, -0.25) is 4.57 Å². The highest BCUT2D eigenvalue weighted by Crippen LogP contribution is 2.35. The summed E-state index contributed by atoms with van der Waals surface area (Å²) in [6.45, 7) is 0. The fourth-order valence-electron chi connectivity index (χ4n) is 3.01. The van der Waals surface area contributed by atoms with E-state index in [1.165, 1.54) is 0 Å². The first-order chi connectivity index (χ1) is 10.7. The zero-order chi connectivity index (χ0) is 15.2. The normalized spacial score (nSPS) is 21.2. The molecule has 4 heterocycles. The molecule has 0 N–H and O–H groups in total. The molecule has 4 rings (SSSR count). The van der Waals surface area contributed by atoms with Crippen LogP contribution >= 0.6 is 0 Å². The maximum Gasteiger partial charge on any atom is 0.179 e. The lowest BCUT2D eigenvalue weighted by molar-refractivity contribution is 0.492. The Labute approximate surface area is 127 Å². The molecule has 3 aromatic heterocycles. The number of fused-ring (bicyclic) bond motifs is 1. The summed E-state index contributed by atoms with van der Waals surface area (Å²) in [4.78, 5) is 8.88. The molecule has 1 aliphatic rings. The van der Waals surface area contributed by atoms with E-state index in [1.807, 2.05) is 6.07 Å². The summed E-state index contributed by atoms with van der Waals surface area (Å²) in [5.41, 5.74) is 1.26. The van der Waals surface area contributed by atoms with E-state index in [1.54, 1.807) is 35.2 Å². The number of furan rings is 1. The molecule has 1 aliphatic heterocycles. The highest BCUT2D eigenvalue weighted by Gasteiger charge is 2.34. The third-order valence-corrected chi connectivity index (χ3v) is 6.16. The summed E-state index contributed by atoms with van der Waals surface area (Å²) in [5.74, 6) is 1.29. The van der Waals surface area contributed by atoms with Crippen LogP contribution in [0.25, 0.3) is 22.7 Å². The molecular formula is C15H15N3O3S. The number of aromatic nitrogens is 3. The van der Waals surface area contributed by atoms with Crippen molar-refractivity contribution in [1.29, 1.82) is 0 Å². The summed E-state index contributed by atoms with van der Waals surface area (Å²) in [6.07, 6.45) is 5.39. The van der Waals surface area contributed by atoms with Gasteiger partial charge in [-0.1, -0.05) is 0 Å². The molecule has 1 saturated heterocycles. The van der Waals surface area contributed by atoms with Crippen molar-refractivity contribution >= 4 is 21.0 Å². The number of hydrogen-bond acceptors (Lipinski definition) is 5. The van der Waals surface area contributed by atoms with Crippen LogP contribution in [0.5, 0.6) is 0 Å². The van der Waals surface area contributed by atoms with E-state index in [-0.39, 0.29) is 5.75 Å². The van der Waals surface area contributed by atoms with Crippen molar-refractivity contribution in [3.05, 3.63) is 36.7 Å². The quantitative estimate of drug-likeness (QED) is 0.726. The minimum absolute atomic E-state index is 0.210. The minimum Gasteiger partial charge on any atom is -0.461 e. The van der Waals surface area contributed by atoms with Gasteiger partial charge in [0, 0.05) is 6.20 Å². The lowest BCUT2D eigenvalue weighted by atomic mass is 10.2. The predicted octanol–water partition coefficient (Wildman–Crippen LogP) is 2.79. The standard InChI is InChI=1S/C15H15N3O3S/c19-22(20)10-2-1-7-13(22)18-14-11(5-3-8-16-14)17-15(18)12-6-4-9-21-12/h3-6,8-9,13H,1-2,7,10H2. The molecule has 3 aromatic rings. The van der Waals surface area contributed by atoms with Crippen LogP contribution in [0.2, 0.25) is 0 Å². The molecule has 0 saturated carbocycles. The number of imidazole rings is 1. The lowest BCUT2D eigenvalue weighted by Gasteiger charge is -2.24. The van der Waals surface area contributed by atoms with Crippen molar-refractivity contribution in [2.75, 3.05) is 5.75 Å². The van der Waals surface area contributed by atoms with Gasteiger partial charge >= 0.3 is 0 Å². The Morgan fingerprint density at radius 3 is 2.91 bits per heavy atom. The number of pyridine rings is 1. The third-order valence-electron chi connectivity index (χ3n) is 4.02. The minimum atomic E-state index is -3.21. The second-order valence-corrected chi connectivity index (χ2v) is 7.72. The van der Waals surface area contributed by atoms with Crippen LogP contribution in [-0.2, 0) is 9.84 Å². The number of hydrogen-bond donors (Lipinski definition) is 0. The Hall–Kier alpha value is -2.15. The van der Waals surface area contributed by atoms with Crippen molar-refractivity contribution in [3.8, 4) is 11.6 Å². The molecular weight excluding hydrogens is 302 g/mol. The summed E-state index contributed by atoms with van der Waals surface area (Å²) in [5, 5.41) is -0.624. The van der Waals surface area contributed by atoms with Gasteiger partial charge in [0.05, 0.1) is 12.0 Å². The van der Waals surface area contributed by atoms with Crippen LogP contribution in [0.15, 0.2) is 41.1 Å². The van der Waals surface area contributed by atoms with Crippen LogP contribution in [-0.4, -0.2) is 28.7 Å². The van der Waals surface area contributed by atoms with Gasteiger partial charge in [0.2, 0.25) is 0 Å². The molecule has 0 amide bonds. The van der Waals surface area contributed by atoms with Crippen LogP contribution in [0.3, 0.4) is 0 Å². The summed E-state index contributed by atoms with van der Waals surface area (Å²) in [7, 11) is -3.21. The van der Waals surface area contributed by atoms with Gasteiger partial charge in [0.1, 0.15) is 10.9 Å². The molecule has 0 radical (unpaired) electrons. The maximum absolute atomic E-state index is 12.5. The Kier molecular flexibility index (Phi) is 3.04. The molecule has 0 aromatic carbocycles. The topological polar surface area (TPSA) is 78.0 Å². The third kappa shape index (κ3) is 2.04. The number of rotatable bonds is 2. The van der Waals surface area contributed by atoms with Gasteiger partial charge in [-0.25, -0.2) is 18.4 Å². The van der Waals surface area contributed by atoms with Gasteiger partial charge in [0.25, 0.3) is 0 Å². The van der Waals surface area contributed by atoms with Gasteiger partial charge in [0.15, 0.2) is 27.1 Å². The molecule has 0 bridgehead atoms. The summed E-state index contributed by atoms with van der Waals surface area (Å²) in [6, 6.07) is 7.18. The first-order valence-corrected chi connectivity index (χ1v) is 8.97. The van der Waals surface area contributed by atoms with Gasteiger partial charge in [-0.2, -0.15) is 0 Å². The first kappa shape index (κ1) is 13.5. The lowest BCUT2D eigenvalue weighted by Crippen LogP contribution is -2.27. The van der Waals surface area contributed by atoms with Crippen molar-refractivity contribution in [1.82, 2.24) is 14.5 Å². The molecule has 0 spiro atoms. The zero-order valence-electron chi connectivity index (χ0n) is 11.8. The molecule has 7 heteroatoms. The highest BCUT2D eigenvalue weighted by molar-refractivity contribution is 7.91. The second kappa shape index (κ2) is 4.95. The van der Waals surface area contributed by atoms with E-state index in [9.17, 15) is 8.42 Å². The largest absolute Gasteiger partial charge is 0.461 e. The predicted molar refractivity (Wildman–Crippen MR) is 81.9 cm³/mol.